The molecule has 0 spiro atoms. The summed E-state index contributed by atoms with van der Waals surface area (Å²) in [5, 5.41) is 4.94. The summed E-state index contributed by atoms with van der Waals surface area (Å²) in [5.41, 5.74) is 3.58. The fourth-order valence-electron chi connectivity index (χ4n) is 3.15. The first-order chi connectivity index (χ1) is 17.2. The number of hydrazone groups is 1. The van der Waals surface area contributed by atoms with Crippen molar-refractivity contribution in [1.82, 2.24) is 10.1 Å². The van der Waals surface area contributed by atoms with Crippen LogP contribution in [0, 0.1) is 6.92 Å². The van der Waals surface area contributed by atoms with Crippen LogP contribution >= 0.6 is 22.9 Å². The minimum absolute atomic E-state index is 0.0545. The Morgan fingerprint density at radius 1 is 1.03 bits per heavy atom. The minimum Gasteiger partial charge on any atom is -0.422 e. The van der Waals surface area contributed by atoms with E-state index in [-0.39, 0.29) is 15.5 Å². The van der Waals surface area contributed by atoms with Gasteiger partial charge in [-0.25, -0.2) is 23.4 Å². The van der Waals surface area contributed by atoms with Crippen molar-refractivity contribution in [3.63, 3.8) is 0 Å². The molecule has 36 heavy (non-hydrogen) atoms. The second-order valence-electron chi connectivity index (χ2n) is 7.60. The third-order valence-electron chi connectivity index (χ3n) is 4.99. The summed E-state index contributed by atoms with van der Waals surface area (Å²) in [7, 11) is -3.84. The summed E-state index contributed by atoms with van der Waals surface area (Å²) in [4.78, 5) is 25.2. The summed E-state index contributed by atoms with van der Waals surface area (Å²) >= 11 is 7.60. The van der Waals surface area contributed by atoms with E-state index < -0.39 is 28.4 Å². The topological polar surface area (TPSA) is 114 Å². The van der Waals surface area contributed by atoms with Crippen LogP contribution in [0.5, 0.6) is 5.75 Å². The first kappa shape index (κ1) is 25.5. The van der Waals surface area contributed by atoms with Gasteiger partial charge in [-0.2, -0.15) is 5.10 Å². The molecule has 1 amide bonds. The second kappa shape index (κ2) is 11.0. The van der Waals surface area contributed by atoms with Gasteiger partial charge in [0.15, 0.2) is 0 Å². The first-order valence-corrected chi connectivity index (χ1v) is 13.3. The highest BCUT2D eigenvalue weighted by molar-refractivity contribution is 7.89. The molecule has 0 saturated carbocycles. The molecule has 8 nitrogen and oxygen atoms in total. The van der Waals surface area contributed by atoms with Crippen molar-refractivity contribution in [3.8, 4) is 5.75 Å². The lowest BCUT2D eigenvalue weighted by molar-refractivity contribution is -0.119. The highest BCUT2D eigenvalue weighted by Crippen LogP contribution is 2.36. The van der Waals surface area contributed by atoms with Gasteiger partial charge in [0, 0.05) is 15.6 Å². The maximum atomic E-state index is 12.8. The number of hydrogen-bond donors (Lipinski definition) is 2. The number of carbonyl (C=O) groups excluding carboxylic acids is 2. The summed E-state index contributed by atoms with van der Waals surface area (Å²) < 4.78 is 33.2. The lowest BCUT2D eigenvalue weighted by Crippen LogP contribution is -2.34. The number of carbonyl (C=O) groups is 2. The van der Waals surface area contributed by atoms with Crippen molar-refractivity contribution < 1.29 is 22.7 Å². The van der Waals surface area contributed by atoms with Crippen LogP contribution in [0.25, 0.3) is 10.1 Å². The zero-order valence-electron chi connectivity index (χ0n) is 18.9. The SMILES string of the molecule is Cc1ccc(S(=O)(=O)NCC(=O)N/N=C/c2ccccc2OC(=O)c2sc3ccccc3c2Cl)cc1. The van der Waals surface area contributed by atoms with Crippen molar-refractivity contribution in [3.05, 3.63) is 93.8 Å². The summed E-state index contributed by atoms with van der Waals surface area (Å²) in [5.74, 6) is -1.07. The normalized spacial score (nSPS) is 11.6. The molecule has 3 aromatic carbocycles. The van der Waals surface area contributed by atoms with E-state index in [2.05, 4.69) is 15.2 Å². The predicted octanol–water partition coefficient (Wildman–Crippen LogP) is 4.51. The minimum atomic E-state index is -3.84. The Bertz CT molecular complexity index is 1560. The largest absolute Gasteiger partial charge is 0.422 e. The van der Waals surface area contributed by atoms with Gasteiger partial charge >= 0.3 is 5.97 Å². The van der Waals surface area contributed by atoms with E-state index in [1.807, 2.05) is 31.2 Å². The monoisotopic (exact) mass is 541 g/mol. The first-order valence-electron chi connectivity index (χ1n) is 10.6. The molecule has 0 atom stereocenters. The number of amides is 1. The molecule has 0 aliphatic heterocycles. The molecule has 0 unspecified atom stereocenters. The van der Waals surface area contributed by atoms with Gasteiger partial charge in [-0.15, -0.1) is 11.3 Å². The van der Waals surface area contributed by atoms with E-state index in [0.29, 0.717) is 10.6 Å². The van der Waals surface area contributed by atoms with E-state index >= 15 is 0 Å². The molecule has 1 heterocycles. The maximum absolute atomic E-state index is 12.8. The third kappa shape index (κ3) is 5.97. The van der Waals surface area contributed by atoms with Gasteiger partial charge < -0.3 is 4.74 Å². The molecule has 4 aromatic rings. The van der Waals surface area contributed by atoms with E-state index in [1.54, 1.807) is 36.4 Å². The van der Waals surface area contributed by atoms with Crippen LogP contribution in [-0.2, 0) is 14.8 Å². The Balaban J connectivity index is 1.38. The van der Waals surface area contributed by atoms with Gasteiger partial charge in [-0.3, -0.25) is 4.79 Å². The summed E-state index contributed by atoms with van der Waals surface area (Å²) in [6.07, 6.45) is 1.29. The Morgan fingerprint density at radius 2 is 1.72 bits per heavy atom. The molecule has 0 saturated heterocycles. The van der Waals surface area contributed by atoms with Gasteiger partial charge in [0.25, 0.3) is 5.91 Å². The second-order valence-corrected chi connectivity index (χ2v) is 10.8. The van der Waals surface area contributed by atoms with Crippen LogP contribution in [0.15, 0.2) is 82.8 Å². The number of benzene rings is 3. The number of fused-ring (bicyclic) bond motifs is 1. The van der Waals surface area contributed by atoms with Gasteiger partial charge in [-0.05, 0) is 37.3 Å². The lowest BCUT2D eigenvalue weighted by Gasteiger charge is -2.07. The molecule has 2 N–H and O–H groups in total. The van der Waals surface area contributed by atoms with Gasteiger partial charge in [0.05, 0.1) is 22.7 Å². The number of para-hydroxylation sites is 1. The van der Waals surface area contributed by atoms with Crippen molar-refractivity contribution in [2.45, 2.75) is 11.8 Å². The number of rotatable bonds is 8. The van der Waals surface area contributed by atoms with Crippen LogP contribution in [0.3, 0.4) is 0 Å². The number of nitrogens with zero attached hydrogens (tertiary/aromatic N) is 1. The van der Waals surface area contributed by atoms with E-state index in [0.717, 1.165) is 15.6 Å². The molecule has 1 aromatic heterocycles. The van der Waals surface area contributed by atoms with Crippen LogP contribution in [0.1, 0.15) is 20.8 Å². The molecule has 0 bridgehead atoms. The molecular weight excluding hydrogens is 522 g/mol. The van der Waals surface area contributed by atoms with Crippen LogP contribution in [-0.4, -0.2) is 33.1 Å². The van der Waals surface area contributed by atoms with Crippen LogP contribution in [0.2, 0.25) is 5.02 Å². The molecule has 0 aliphatic rings. The molecule has 4 rings (SSSR count). The standard InChI is InChI=1S/C25H20ClN3O5S2/c1-16-10-12-18(13-11-16)36(32,33)28-15-22(30)29-27-14-17-6-2-4-8-20(17)34-25(31)24-23(26)19-7-3-5-9-21(19)35-24/h2-14,28H,15H2,1H3,(H,29,30)/b27-14+. The number of aryl methyl sites for hydroxylation is 1. The number of nitrogens with one attached hydrogen (secondary N) is 2. The number of halogens is 1. The average molecular weight is 542 g/mol. The maximum Gasteiger partial charge on any atom is 0.355 e. The van der Waals surface area contributed by atoms with Crippen LogP contribution < -0.4 is 14.9 Å². The molecule has 0 aliphatic carbocycles. The highest BCUT2D eigenvalue weighted by Gasteiger charge is 2.20. The van der Waals surface area contributed by atoms with Crippen molar-refractivity contribution in [2.24, 2.45) is 5.10 Å². The summed E-state index contributed by atoms with van der Waals surface area (Å²) in [6, 6.07) is 20.3. The fraction of sp³-hybridized carbons (Fsp3) is 0.0800. The smallest absolute Gasteiger partial charge is 0.355 e. The molecule has 11 heteroatoms. The quantitative estimate of drug-likeness (QED) is 0.147. The fourth-order valence-corrected chi connectivity index (χ4v) is 5.51. The Morgan fingerprint density at radius 3 is 2.47 bits per heavy atom. The Kier molecular flexibility index (Phi) is 7.80. The molecule has 0 radical (unpaired) electrons. The number of hydrogen-bond acceptors (Lipinski definition) is 7. The van der Waals surface area contributed by atoms with E-state index in [4.69, 9.17) is 16.3 Å². The van der Waals surface area contributed by atoms with Gasteiger partial charge in [-0.1, -0.05) is 59.6 Å². The molecule has 184 valence electrons. The lowest BCUT2D eigenvalue weighted by atomic mass is 10.2. The van der Waals surface area contributed by atoms with Gasteiger partial charge in [0.2, 0.25) is 10.0 Å². The molecular formula is C25H20ClN3O5S2. The third-order valence-corrected chi connectivity index (χ3v) is 8.06. The number of esters is 1. The molecule has 0 fully saturated rings. The Labute approximate surface area is 216 Å². The van der Waals surface area contributed by atoms with E-state index in [1.165, 1.54) is 29.7 Å². The van der Waals surface area contributed by atoms with E-state index in [9.17, 15) is 18.0 Å². The van der Waals surface area contributed by atoms with Gasteiger partial charge in [0.1, 0.15) is 10.6 Å². The predicted molar refractivity (Wildman–Crippen MR) is 140 cm³/mol. The summed E-state index contributed by atoms with van der Waals surface area (Å²) in [6.45, 7) is 1.34. The number of ether oxygens (including phenoxy) is 1. The highest BCUT2D eigenvalue weighted by atomic mass is 35.5. The number of thiophene rings is 1. The van der Waals surface area contributed by atoms with Crippen LogP contribution in [0.4, 0.5) is 0 Å². The van der Waals surface area contributed by atoms with Crippen molar-refractivity contribution in [2.75, 3.05) is 6.54 Å². The Hall–Kier alpha value is -3.57. The zero-order valence-corrected chi connectivity index (χ0v) is 21.3. The number of sulfonamides is 1. The van der Waals surface area contributed by atoms with Crippen molar-refractivity contribution >= 4 is 61.1 Å². The zero-order chi connectivity index (χ0) is 25.7. The average Bonchev–Trinajstić information content (AvgIpc) is 3.21. The van der Waals surface area contributed by atoms with Crippen molar-refractivity contribution in [1.29, 1.82) is 0 Å².